The van der Waals surface area contributed by atoms with Crippen LogP contribution in [0, 0.1) is 0 Å². The summed E-state index contributed by atoms with van der Waals surface area (Å²) in [6.45, 7) is 2.25. The van der Waals surface area contributed by atoms with Gasteiger partial charge in [-0.05, 0) is 36.2 Å². The van der Waals surface area contributed by atoms with Crippen LogP contribution in [-0.2, 0) is 9.59 Å². The lowest BCUT2D eigenvalue weighted by Crippen LogP contribution is -2.30. The monoisotopic (exact) mass is 445 g/mol. The van der Waals surface area contributed by atoms with E-state index >= 15 is 0 Å². The molecule has 146 valence electrons. The first kappa shape index (κ1) is 19.9. The number of methoxy groups -OCH3 is 1. The zero-order chi connectivity index (χ0) is 20.4. The van der Waals surface area contributed by atoms with Crippen LogP contribution in [0.25, 0.3) is 5.76 Å². The summed E-state index contributed by atoms with van der Waals surface area (Å²) in [5, 5.41) is 21.0. The SMILES string of the molecule is CCCN1C(=O)C(=O)/C(=C(\O)c2ccc(Br)cc2)C1c1ccc(OC)c(O)c1. The van der Waals surface area contributed by atoms with Crippen molar-refractivity contribution >= 4 is 33.4 Å². The summed E-state index contributed by atoms with van der Waals surface area (Å²) in [7, 11) is 1.44. The number of Topliss-reactive ketones (excluding diaryl/α,β-unsaturated/α-hetero) is 1. The topological polar surface area (TPSA) is 87.1 Å². The predicted octanol–water partition coefficient (Wildman–Crippen LogP) is 4.00. The summed E-state index contributed by atoms with van der Waals surface area (Å²) >= 11 is 3.33. The minimum Gasteiger partial charge on any atom is -0.507 e. The van der Waals surface area contributed by atoms with Gasteiger partial charge < -0.3 is 19.8 Å². The van der Waals surface area contributed by atoms with Crippen molar-refractivity contribution in [3.05, 3.63) is 63.6 Å². The molecule has 6 nitrogen and oxygen atoms in total. The quantitative estimate of drug-likeness (QED) is 0.412. The molecule has 2 N–H and O–H groups in total. The van der Waals surface area contributed by atoms with Crippen molar-refractivity contribution in [1.29, 1.82) is 0 Å². The van der Waals surface area contributed by atoms with E-state index in [0.717, 1.165) is 4.47 Å². The number of carbonyl (C=O) groups excluding carboxylic acids is 2. The summed E-state index contributed by atoms with van der Waals surface area (Å²) in [6.07, 6.45) is 0.643. The second-order valence-electron chi connectivity index (χ2n) is 6.43. The van der Waals surface area contributed by atoms with Crippen LogP contribution in [-0.4, -0.2) is 40.5 Å². The number of aliphatic hydroxyl groups excluding tert-OH is 1. The second kappa shape index (κ2) is 8.06. The van der Waals surface area contributed by atoms with Gasteiger partial charge in [-0.25, -0.2) is 0 Å². The Morgan fingerprint density at radius 2 is 1.86 bits per heavy atom. The van der Waals surface area contributed by atoms with E-state index in [1.54, 1.807) is 36.4 Å². The van der Waals surface area contributed by atoms with Crippen molar-refractivity contribution in [2.75, 3.05) is 13.7 Å². The highest BCUT2D eigenvalue weighted by molar-refractivity contribution is 9.10. The lowest BCUT2D eigenvalue weighted by Gasteiger charge is -2.25. The normalized spacial score (nSPS) is 18.5. The van der Waals surface area contributed by atoms with Crippen molar-refractivity contribution in [1.82, 2.24) is 4.90 Å². The van der Waals surface area contributed by atoms with E-state index in [-0.39, 0.29) is 22.8 Å². The molecule has 1 amide bonds. The number of aromatic hydroxyl groups is 1. The Morgan fingerprint density at radius 3 is 2.43 bits per heavy atom. The Kier molecular flexibility index (Phi) is 5.74. The summed E-state index contributed by atoms with van der Waals surface area (Å²) in [6, 6.07) is 10.7. The number of likely N-dealkylation sites (tertiary alicyclic amines) is 1. The van der Waals surface area contributed by atoms with Gasteiger partial charge >= 0.3 is 0 Å². The number of carbonyl (C=O) groups is 2. The standard InChI is InChI=1S/C21H20BrNO5/c1-3-10-23-18(13-6-9-16(28-2)15(24)11-13)17(20(26)21(23)27)19(25)12-4-7-14(22)8-5-12/h4-9,11,18,24-25H,3,10H2,1-2H3/b19-17-. The van der Waals surface area contributed by atoms with Crippen LogP contribution in [0.3, 0.4) is 0 Å². The summed E-state index contributed by atoms with van der Waals surface area (Å²) in [5.41, 5.74) is 0.954. The predicted molar refractivity (Wildman–Crippen MR) is 108 cm³/mol. The van der Waals surface area contributed by atoms with Gasteiger partial charge in [-0.3, -0.25) is 9.59 Å². The molecule has 0 spiro atoms. The van der Waals surface area contributed by atoms with Gasteiger partial charge in [0.1, 0.15) is 5.76 Å². The smallest absolute Gasteiger partial charge is 0.295 e. The fourth-order valence-electron chi connectivity index (χ4n) is 3.34. The molecule has 1 aliphatic heterocycles. The zero-order valence-electron chi connectivity index (χ0n) is 15.5. The number of rotatable bonds is 5. The van der Waals surface area contributed by atoms with Crippen molar-refractivity contribution < 1.29 is 24.5 Å². The number of phenolic OH excluding ortho intramolecular Hbond substituents is 1. The fourth-order valence-corrected chi connectivity index (χ4v) is 3.60. The minimum absolute atomic E-state index is 0.00494. The second-order valence-corrected chi connectivity index (χ2v) is 7.35. The van der Waals surface area contributed by atoms with Gasteiger partial charge in [0.15, 0.2) is 11.5 Å². The van der Waals surface area contributed by atoms with E-state index in [9.17, 15) is 19.8 Å². The Balaban J connectivity index is 2.19. The maximum absolute atomic E-state index is 12.8. The largest absolute Gasteiger partial charge is 0.507 e. The van der Waals surface area contributed by atoms with Gasteiger partial charge in [-0.15, -0.1) is 0 Å². The molecule has 0 aliphatic carbocycles. The van der Waals surface area contributed by atoms with E-state index in [4.69, 9.17) is 4.74 Å². The van der Waals surface area contributed by atoms with Gasteiger partial charge in [-0.2, -0.15) is 0 Å². The van der Waals surface area contributed by atoms with E-state index < -0.39 is 17.7 Å². The molecule has 0 aromatic heterocycles. The number of ketones is 1. The molecule has 1 aliphatic rings. The Labute approximate surface area is 171 Å². The summed E-state index contributed by atoms with van der Waals surface area (Å²) in [5.74, 6) is -1.48. The van der Waals surface area contributed by atoms with Gasteiger partial charge in [0.2, 0.25) is 0 Å². The van der Waals surface area contributed by atoms with Gasteiger partial charge in [0.05, 0.1) is 18.7 Å². The minimum atomic E-state index is -0.791. The molecule has 7 heteroatoms. The van der Waals surface area contributed by atoms with Crippen LogP contribution in [0.2, 0.25) is 0 Å². The molecule has 2 aromatic carbocycles. The van der Waals surface area contributed by atoms with Crippen molar-refractivity contribution in [3.63, 3.8) is 0 Å². The van der Waals surface area contributed by atoms with E-state index in [1.165, 1.54) is 18.1 Å². The van der Waals surface area contributed by atoms with Crippen LogP contribution in [0.5, 0.6) is 11.5 Å². The molecule has 0 radical (unpaired) electrons. The molecule has 1 atom stereocenters. The van der Waals surface area contributed by atoms with Crippen molar-refractivity contribution in [3.8, 4) is 11.5 Å². The molecule has 0 saturated carbocycles. The maximum atomic E-state index is 12.8. The molecular formula is C21H20BrNO5. The molecule has 1 heterocycles. The van der Waals surface area contributed by atoms with Crippen LogP contribution in [0.1, 0.15) is 30.5 Å². The molecule has 1 saturated heterocycles. The number of nitrogens with zero attached hydrogens (tertiary/aromatic N) is 1. The van der Waals surface area contributed by atoms with Crippen LogP contribution in [0.4, 0.5) is 0 Å². The Morgan fingerprint density at radius 1 is 1.18 bits per heavy atom. The summed E-state index contributed by atoms with van der Waals surface area (Å²) in [4.78, 5) is 26.8. The highest BCUT2D eigenvalue weighted by atomic mass is 79.9. The molecule has 1 unspecified atom stereocenters. The first-order valence-corrected chi connectivity index (χ1v) is 9.59. The maximum Gasteiger partial charge on any atom is 0.295 e. The average molecular weight is 446 g/mol. The lowest BCUT2D eigenvalue weighted by molar-refractivity contribution is -0.139. The highest BCUT2D eigenvalue weighted by Crippen LogP contribution is 2.41. The summed E-state index contributed by atoms with van der Waals surface area (Å²) < 4.78 is 5.90. The first-order chi connectivity index (χ1) is 13.4. The van der Waals surface area contributed by atoms with Crippen molar-refractivity contribution in [2.45, 2.75) is 19.4 Å². The Bertz CT molecular complexity index is 952. The number of benzene rings is 2. The number of halogens is 1. The molecule has 28 heavy (non-hydrogen) atoms. The Hall–Kier alpha value is -2.80. The number of hydrogen-bond donors (Lipinski definition) is 2. The number of phenols is 1. The third-order valence-corrected chi connectivity index (χ3v) is 5.17. The van der Waals surface area contributed by atoms with Gasteiger partial charge in [0, 0.05) is 16.6 Å². The molecule has 1 fully saturated rings. The van der Waals surface area contributed by atoms with Crippen LogP contribution in [0.15, 0.2) is 52.5 Å². The van der Waals surface area contributed by atoms with Crippen molar-refractivity contribution in [2.24, 2.45) is 0 Å². The van der Waals surface area contributed by atoms with Crippen LogP contribution < -0.4 is 4.74 Å². The molecule has 0 bridgehead atoms. The van der Waals surface area contributed by atoms with Gasteiger partial charge in [-0.1, -0.05) is 41.1 Å². The first-order valence-electron chi connectivity index (χ1n) is 8.80. The molecule has 3 rings (SSSR count). The fraction of sp³-hybridized carbons (Fsp3) is 0.238. The van der Waals surface area contributed by atoms with E-state index in [1.807, 2.05) is 6.92 Å². The van der Waals surface area contributed by atoms with E-state index in [2.05, 4.69) is 15.9 Å². The third kappa shape index (κ3) is 3.49. The average Bonchev–Trinajstić information content (AvgIpc) is 2.93. The number of ether oxygens (including phenoxy) is 1. The highest BCUT2D eigenvalue weighted by Gasteiger charge is 2.45. The van der Waals surface area contributed by atoms with Gasteiger partial charge in [0.25, 0.3) is 11.7 Å². The number of aliphatic hydroxyl groups is 1. The third-order valence-electron chi connectivity index (χ3n) is 4.64. The zero-order valence-corrected chi connectivity index (χ0v) is 17.1. The number of amides is 1. The van der Waals surface area contributed by atoms with Crippen LogP contribution >= 0.6 is 15.9 Å². The molecular weight excluding hydrogens is 426 g/mol. The number of hydrogen-bond acceptors (Lipinski definition) is 5. The lowest BCUT2D eigenvalue weighted by atomic mass is 9.95. The molecule has 2 aromatic rings. The van der Waals surface area contributed by atoms with E-state index in [0.29, 0.717) is 24.1 Å².